The van der Waals surface area contributed by atoms with E-state index < -0.39 is 11.2 Å². The molecule has 0 N–H and O–H groups in total. The molecule has 7 heteroatoms. The van der Waals surface area contributed by atoms with Crippen molar-refractivity contribution in [1.82, 2.24) is 19.7 Å². The third-order valence-corrected chi connectivity index (χ3v) is 2.69. The van der Waals surface area contributed by atoms with Gasteiger partial charge in [0.1, 0.15) is 11.8 Å². The van der Waals surface area contributed by atoms with Crippen LogP contribution in [0.4, 0.5) is 0 Å². The Labute approximate surface area is 126 Å². The number of rotatable bonds is 4. The molecule has 22 heavy (non-hydrogen) atoms. The summed E-state index contributed by atoms with van der Waals surface area (Å²) in [5.74, 6) is -0.477. The highest BCUT2D eigenvalue weighted by atomic mass is 16.1. The van der Waals surface area contributed by atoms with Gasteiger partial charge < -0.3 is 4.90 Å². The first-order chi connectivity index (χ1) is 10.5. The van der Waals surface area contributed by atoms with Crippen LogP contribution in [-0.2, 0) is 0 Å². The lowest BCUT2D eigenvalue weighted by molar-refractivity contribution is 0.103. The summed E-state index contributed by atoms with van der Waals surface area (Å²) in [7, 11) is 3.53. The van der Waals surface area contributed by atoms with Crippen molar-refractivity contribution in [3.8, 4) is 11.8 Å². The predicted molar refractivity (Wildman–Crippen MR) is 79.5 cm³/mol. The summed E-state index contributed by atoms with van der Waals surface area (Å²) in [5, 5.41) is 12.8. The van der Waals surface area contributed by atoms with Crippen molar-refractivity contribution in [2.24, 2.45) is 0 Å². The van der Waals surface area contributed by atoms with Crippen LogP contribution >= 0.6 is 0 Å². The minimum Gasteiger partial charge on any atom is -0.383 e. The van der Waals surface area contributed by atoms with E-state index in [0.717, 1.165) is 0 Å². The summed E-state index contributed by atoms with van der Waals surface area (Å²) in [6.45, 7) is 0. The van der Waals surface area contributed by atoms with Gasteiger partial charge in [-0.1, -0.05) is 0 Å². The van der Waals surface area contributed by atoms with Gasteiger partial charge in [-0.15, -0.1) is 0 Å². The van der Waals surface area contributed by atoms with Gasteiger partial charge in [-0.3, -0.25) is 9.59 Å². The van der Waals surface area contributed by atoms with Crippen LogP contribution < -0.4 is 5.43 Å². The van der Waals surface area contributed by atoms with Gasteiger partial charge in [-0.25, -0.2) is 9.67 Å². The molecule has 0 amide bonds. The van der Waals surface area contributed by atoms with E-state index in [1.807, 2.05) is 6.07 Å². The standard InChI is InChI=1S/C15H13N5O2/c1-19(2)7-5-13(21)15-14(22)6-8-20(18-15)12-4-3-11(9-16)17-10-12/h3-8,10H,1-2H3. The summed E-state index contributed by atoms with van der Waals surface area (Å²) in [6, 6.07) is 6.34. The summed E-state index contributed by atoms with van der Waals surface area (Å²) in [6.07, 6.45) is 5.72. The SMILES string of the molecule is CN(C)C=CC(=O)c1nn(-c2ccc(C#N)nc2)ccc1=O. The van der Waals surface area contributed by atoms with Gasteiger partial charge in [0.25, 0.3) is 0 Å². The van der Waals surface area contributed by atoms with Crippen molar-refractivity contribution in [2.75, 3.05) is 14.1 Å². The Morgan fingerprint density at radius 2 is 2.14 bits per heavy atom. The second-order valence-electron chi connectivity index (χ2n) is 4.63. The molecule has 0 aliphatic rings. The molecule has 0 saturated carbocycles. The lowest BCUT2D eigenvalue weighted by Crippen LogP contribution is -2.20. The largest absolute Gasteiger partial charge is 0.383 e. The third kappa shape index (κ3) is 3.43. The molecule has 2 aromatic rings. The molecule has 2 rings (SSSR count). The number of hydrogen-bond donors (Lipinski definition) is 0. The molecule has 0 saturated heterocycles. The van der Waals surface area contributed by atoms with Gasteiger partial charge in [-0.2, -0.15) is 10.4 Å². The molecule has 110 valence electrons. The molecule has 2 aromatic heterocycles. The Bertz CT molecular complexity index is 813. The monoisotopic (exact) mass is 295 g/mol. The highest BCUT2D eigenvalue weighted by Crippen LogP contribution is 2.05. The molecule has 0 unspecified atom stereocenters. The normalized spacial score (nSPS) is 10.4. The van der Waals surface area contributed by atoms with Crippen molar-refractivity contribution in [1.29, 1.82) is 5.26 Å². The molecule has 0 atom stereocenters. The summed E-state index contributed by atoms with van der Waals surface area (Å²) >= 11 is 0. The van der Waals surface area contributed by atoms with E-state index in [0.29, 0.717) is 5.69 Å². The van der Waals surface area contributed by atoms with Crippen LogP contribution in [0.3, 0.4) is 0 Å². The van der Waals surface area contributed by atoms with Crippen LogP contribution in [0.1, 0.15) is 16.2 Å². The number of carbonyl (C=O) groups is 1. The van der Waals surface area contributed by atoms with Crippen molar-refractivity contribution in [2.45, 2.75) is 0 Å². The lowest BCUT2D eigenvalue weighted by atomic mass is 10.2. The van der Waals surface area contributed by atoms with Crippen molar-refractivity contribution >= 4 is 5.78 Å². The van der Waals surface area contributed by atoms with Crippen LogP contribution in [-0.4, -0.2) is 39.5 Å². The van der Waals surface area contributed by atoms with Crippen LogP contribution in [0.2, 0.25) is 0 Å². The smallest absolute Gasteiger partial charge is 0.211 e. The Balaban J connectivity index is 2.40. The minimum atomic E-state index is -0.477. The highest BCUT2D eigenvalue weighted by molar-refractivity contribution is 6.02. The lowest BCUT2D eigenvalue weighted by Gasteiger charge is -2.06. The molecule has 0 aliphatic carbocycles. The molecular formula is C15H13N5O2. The van der Waals surface area contributed by atoms with Gasteiger partial charge in [-0.05, 0) is 12.1 Å². The second-order valence-corrected chi connectivity index (χ2v) is 4.63. The maximum Gasteiger partial charge on any atom is 0.211 e. The van der Waals surface area contributed by atoms with Crippen LogP contribution in [0, 0.1) is 11.3 Å². The zero-order valence-electron chi connectivity index (χ0n) is 12.1. The molecule has 0 aromatic carbocycles. The van der Waals surface area contributed by atoms with E-state index in [-0.39, 0.29) is 11.4 Å². The third-order valence-electron chi connectivity index (χ3n) is 2.69. The second kappa shape index (κ2) is 6.45. The van der Waals surface area contributed by atoms with Crippen LogP contribution in [0.15, 0.2) is 47.7 Å². The minimum absolute atomic E-state index is 0.176. The van der Waals surface area contributed by atoms with E-state index in [4.69, 9.17) is 5.26 Å². The average Bonchev–Trinajstić information content (AvgIpc) is 2.53. The summed E-state index contributed by atoms with van der Waals surface area (Å²) < 4.78 is 1.37. The number of nitriles is 1. The first-order valence-electron chi connectivity index (χ1n) is 6.37. The molecule has 7 nitrogen and oxygen atoms in total. The molecule has 0 aliphatic heterocycles. The number of pyridine rings is 1. The molecular weight excluding hydrogens is 282 g/mol. The van der Waals surface area contributed by atoms with Gasteiger partial charge in [0.15, 0.2) is 5.69 Å². The van der Waals surface area contributed by atoms with Gasteiger partial charge in [0.2, 0.25) is 11.2 Å². The number of allylic oxidation sites excluding steroid dienone is 1. The van der Waals surface area contributed by atoms with Crippen LogP contribution in [0.5, 0.6) is 0 Å². The molecule has 0 bridgehead atoms. The van der Waals surface area contributed by atoms with E-state index in [1.165, 1.54) is 35.3 Å². The Kier molecular flexibility index (Phi) is 4.44. The Morgan fingerprint density at radius 1 is 1.36 bits per heavy atom. The van der Waals surface area contributed by atoms with E-state index in [1.54, 1.807) is 31.3 Å². The molecule has 0 spiro atoms. The Hall–Kier alpha value is -3.27. The maximum absolute atomic E-state index is 12.0. The fourth-order valence-corrected chi connectivity index (χ4v) is 1.61. The highest BCUT2D eigenvalue weighted by Gasteiger charge is 2.11. The first-order valence-corrected chi connectivity index (χ1v) is 6.37. The van der Waals surface area contributed by atoms with E-state index in [9.17, 15) is 9.59 Å². The predicted octanol–water partition coefficient (Wildman–Crippen LogP) is 0.757. The van der Waals surface area contributed by atoms with Crippen molar-refractivity contribution < 1.29 is 4.79 Å². The van der Waals surface area contributed by atoms with Gasteiger partial charge >= 0.3 is 0 Å². The van der Waals surface area contributed by atoms with Crippen molar-refractivity contribution in [3.63, 3.8) is 0 Å². The molecule has 0 radical (unpaired) electrons. The fourth-order valence-electron chi connectivity index (χ4n) is 1.61. The van der Waals surface area contributed by atoms with Gasteiger partial charge in [0, 0.05) is 38.6 Å². The topological polar surface area (TPSA) is 91.9 Å². The number of carbonyl (C=O) groups excluding carboxylic acids is 1. The quantitative estimate of drug-likeness (QED) is 0.610. The van der Waals surface area contributed by atoms with Crippen molar-refractivity contribution in [3.05, 3.63) is 64.5 Å². The molecule has 0 fully saturated rings. The average molecular weight is 295 g/mol. The van der Waals surface area contributed by atoms with Crippen LogP contribution in [0.25, 0.3) is 5.69 Å². The zero-order valence-corrected chi connectivity index (χ0v) is 12.1. The summed E-state index contributed by atoms with van der Waals surface area (Å²) in [5.41, 5.74) is 0.191. The fraction of sp³-hybridized carbons (Fsp3) is 0.133. The number of aromatic nitrogens is 3. The molecule has 2 heterocycles. The zero-order chi connectivity index (χ0) is 16.1. The first kappa shape index (κ1) is 15.1. The Morgan fingerprint density at radius 3 is 2.73 bits per heavy atom. The number of hydrogen-bond acceptors (Lipinski definition) is 6. The van der Waals surface area contributed by atoms with E-state index in [2.05, 4.69) is 10.1 Å². The van der Waals surface area contributed by atoms with Gasteiger partial charge in [0.05, 0.1) is 11.9 Å². The number of ketones is 1. The van der Waals surface area contributed by atoms with E-state index >= 15 is 0 Å². The maximum atomic E-state index is 12.0. The summed E-state index contributed by atoms with van der Waals surface area (Å²) in [4.78, 5) is 29.4. The number of nitrogens with zero attached hydrogens (tertiary/aromatic N) is 5.